The molecule has 0 bridgehead atoms. The fraction of sp³-hybridized carbons (Fsp3) is 0.471. The third-order valence-corrected chi connectivity index (χ3v) is 4.42. The molecule has 3 rings (SSSR count). The molecule has 0 unspecified atom stereocenters. The first kappa shape index (κ1) is 16.8. The lowest BCUT2D eigenvalue weighted by Crippen LogP contribution is -2.30. The Morgan fingerprint density at radius 1 is 1.25 bits per heavy atom. The quantitative estimate of drug-likeness (QED) is 0.870. The van der Waals surface area contributed by atoms with Crippen LogP contribution >= 0.6 is 11.6 Å². The number of anilines is 2. The van der Waals surface area contributed by atoms with E-state index in [9.17, 15) is 4.79 Å². The van der Waals surface area contributed by atoms with Crippen molar-refractivity contribution in [2.24, 2.45) is 0 Å². The summed E-state index contributed by atoms with van der Waals surface area (Å²) in [6.07, 6.45) is 7.96. The molecule has 128 valence electrons. The van der Waals surface area contributed by atoms with Gasteiger partial charge in [-0.1, -0.05) is 11.6 Å². The van der Waals surface area contributed by atoms with Crippen molar-refractivity contribution < 1.29 is 4.79 Å². The van der Waals surface area contributed by atoms with Crippen LogP contribution in [0.5, 0.6) is 0 Å². The molecule has 1 fully saturated rings. The van der Waals surface area contributed by atoms with E-state index >= 15 is 0 Å². The van der Waals surface area contributed by atoms with Crippen LogP contribution in [0.3, 0.4) is 0 Å². The molecule has 1 N–H and O–H groups in total. The van der Waals surface area contributed by atoms with E-state index in [2.05, 4.69) is 20.3 Å². The van der Waals surface area contributed by atoms with Crippen LogP contribution in [-0.4, -0.2) is 33.8 Å². The predicted octanol–water partition coefficient (Wildman–Crippen LogP) is 3.34. The third kappa shape index (κ3) is 4.47. The summed E-state index contributed by atoms with van der Waals surface area (Å²) in [5.41, 5.74) is 1.86. The second kappa shape index (κ2) is 8.15. The normalized spacial score (nSPS) is 14.6. The molecule has 1 aromatic carbocycles. The molecule has 1 saturated heterocycles. The van der Waals surface area contributed by atoms with Gasteiger partial charge in [0.25, 0.3) is 0 Å². The monoisotopic (exact) mass is 347 g/mol. The number of aryl methyl sites for hydroxylation is 1. The maximum Gasteiger partial charge on any atom is 0.224 e. The molecule has 2 aromatic rings. The molecule has 24 heavy (non-hydrogen) atoms. The number of piperidine rings is 1. The smallest absolute Gasteiger partial charge is 0.224 e. The number of benzene rings is 1. The Morgan fingerprint density at radius 3 is 2.83 bits per heavy atom. The summed E-state index contributed by atoms with van der Waals surface area (Å²) in [4.78, 5) is 18.5. The van der Waals surface area contributed by atoms with Gasteiger partial charge >= 0.3 is 0 Å². The first-order chi connectivity index (χ1) is 11.7. The molecule has 6 nitrogen and oxygen atoms in total. The summed E-state index contributed by atoms with van der Waals surface area (Å²) in [6.45, 7) is 2.73. The lowest BCUT2D eigenvalue weighted by atomic mass is 10.1. The molecule has 1 aliphatic rings. The second-order valence-corrected chi connectivity index (χ2v) is 6.46. The van der Waals surface area contributed by atoms with Crippen molar-refractivity contribution in [2.45, 2.75) is 38.6 Å². The molecular weight excluding hydrogens is 326 g/mol. The first-order valence-corrected chi connectivity index (χ1v) is 8.77. The lowest BCUT2D eigenvalue weighted by Gasteiger charge is -2.30. The number of carbonyl (C=O) groups is 1. The summed E-state index contributed by atoms with van der Waals surface area (Å²) < 4.78 is 1.73. The highest BCUT2D eigenvalue weighted by Gasteiger charge is 2.16. The minimum Gasteiger partial charge on any atom is -0.370 e. The summed E-state index contributed by atoms with van der Waals surface area (Å²) >= 11 is 6.12. The average Bonchev–Trinajstić information content (AvgIpc) is 3.09. The van der Waals surface area contributed by atoms with E-state index in [0.29, 0.717) is 18.0 Å². The van der Waals surface area contributed by atoms with Gasteiger partial charge < -0.3 is 10.2 Å². The van der Waals surface area contributed by atoms with Gasteiger partial charge in [-0.25, -0.2) is 4.98 Å². The van der Waals surface area contributed by atoms with Gasteiger partial charge in [0.2, 0.25) is 5.91 Å². The van der Waals surface area contributed by atoms with Crippen LogP contribution in [-0.2, 0) is 11.3 Å². The number of nitrogens with zero attached hydrogens (tertiary/aromatic N) is 4. The number of aromatic nitrogens is 3. The van der Waals surface area contributed by atoms with Gasteiger partial charge in [-0.2, -0.15) is 5.10 Å². The Balaban J connectivity index is 1.60. The average molecular weight is 348 g/mol. The molecular formula is C17H22ClN5O. The van der Waals surface area contributed by atoms with Crippen molar-refractivity contribution in [3.8, 4) is 0 Å². The molecule has 0 spiro atoms. The lowest BCUT2D eigenvalue weighted by molar-refractivity contribution is -0.116. The number of hydrogen-bond acceptors (Lipinski definition) is 4. The fourth-order valence-electron chi connectivity index (χ4n) is 2.98. The molecule has 1 aromatic heterocycles. The Bertz CT molecular complexity index is 668. The first-order valence-electron chi connectivity index (χ1n) is 8.39. The number of carbonyl (C=O) groups excluding carboxylic acids is 1. The van der Waals surface area contributed by atoms with Crippen LogP contribution in [0.4, 0.5) is 11.4 Å². The van der Waals surface area contributed by atoms with Crippen molar-refractivity contribution >= 4 is 28.9 Å². The van der Waals surface area contributed by atoms with Gasteiger partial charge in [0.15, 0.2) is 0 Å². The minimum absolute atomic E-state index is 0.00404. The molecule has 2 heterocycles. The largest absolute Gasteiger partial charge is 0.370 e. The van der Waals surface area contributed by atoms with Gasteiger partial charge in [-0.05, 0) is 43.9 Å². The van der Waals surface area contributed by atoms with Crippen LogP contribution in [0.2, 0.25) is 5.02 Å². The Morgan fingerprint density at radius 2 is 2.08 bits per heavy atom. The number of rotatable bonds is 6. The van der Waals surface area contributed by atoms with E-state index < -0.39 is 0 Å². The topological polar surface area (TPSA) is 63.1 Å². The van der Waals surface area contributed by atoms with E-state index in [1.165, 1.54) is 25.6 Å². The van der Waals surface area contributed by atoms with Gasteiger partial charge in [0, 0.05) is 31.1 Å². The minimum atomic E-state index is -0.00404. The zero-order valence-corrected chi connectivity index (χ0v) is 14.4. The molecule has 7 heteroatoms. The SMILES string of the molecule is O=C(CCCn1cncn1)Nc1cc(Cl)ccc1N1CCCCC1. The highest BCUT2D eigenvalue weighted by Crippen LogP contribution is 2.31. The van der Waals surface area contributed by atoms with Gasteiger partial charge in [-0.15, -0.1) is 0 Å². The summed E-state index contributed by atoms with van der Waals surface area (Å²) in [7, 11) is 0. The van der Waals surface area contributed by atoms with Crippen molar-refractivity contribution in [3.05, 3.63) is 35.9 Å². The Labute approximate surface area is 146 Å². The van der Waals surface area contributed by atoms with E-state index in [0.717, 1.165) is 30.9 Å². The Hall–Kier alpha value is -2.08. The zero-order valence-electron chi connectivity index (χ0n) is 13.6. The molecule has 0 aliphatic carbocycles. The third-order valence-electron chi connectivity index (χ3n) is 4.19. The van der Waals surface area contributed by atoms with Crippen molar-refractivity contribution in [3.63, 3.8) is 0 Å². The molecule has 0 atom stereocenters. The number of hydrogen-bond donors (Lipinski definition) is 1. The maximum atomic E-state index is 12.3. The zero-order chi connectivity index (χ0) is 16.8. The van der Waals surface area contributed by atoms with E-state index in [1.54, 1.807) is 11.0 Å². The summed E-state index contributed by atoms with van der Waals surface area (Å²) in [6, 6.07) is 5.71. The van der Waals surface area contributed by atoms with Crippen LogP contribution < -0.4 is 10.2 Å². The highest BCUT2D eigenvalue weighted by atomic mass is 35.5. The molecule has 0 radical (unpaired) electrons. The van der Waals surface area contributed by atoms with E-state index in [-0.39, 0.29) is 5.91 Å². The number of halogens is 1. The van der Waals surface area contributed by atoms with Crippen molar-refractivity contribution in [2.75, 3.05) is 23.3 Å². The molecule has 1 aliphatic heterocycles. The van der Waals surface area contributed by atoms with E-state index in [4.69, 9.17) is 11.6 Å². The van der Waals surface area contributed by atoms with Crippen molar-refractivity contribution in [1.82, 2.24) is 14.8 Å². The van der Waals surface area contributed by atoms with Gasteiger partial charge in [-0.3, -0.25) is 9.48 Å². The van der Waals surface area contributed by atoms with Gasteiger partial charge in [0.1, 0.15) is 12.7 Å². The van der Waals surface area contributed by atoms with Crippen LogP contribution in [0.1, 0.15) is 32.1 Å². The number of amides is 1. The van der Waals surface area contributed by atoms with Crippen LogP contribution in [0, 0.1) is 0 Å². The molecule has 0 saturated carbocycles. The molecule has 1 amide bonds. The maximum absolute atomic E-state index is 12.3. The Kier molecular flexibility index (Phi) is 5.69. The number of nitrogens with one attached hydrogen (secondary N) is 1. The highest BCUT2D eigenvalue weighted by molar-refractivity contribution is 6.31. The van der Waals surface area contributed by atoms with Crippen molar-refractivity contribution in [1.29, 1.82) is 0 Å². The second-order valence-electron chi connectivity index (χ2n) is 6.02. The van der Waals surface area contributed by atoms with Crippen LogP contribution in [0.15, 0.2) is 30.9 Å². The summed E-state index contributed by atoms with van der Waals surface area (Å²) in [5.74, 6) is -0.00404. The summed E-state index contributed by atoms with van der Waals surface area (Å²) in [5, 5.41) is 7.69. The fourth-order valence-corrected chi connectivity index (χ4v) is 3.15. The van der Waals surface area contributed by atoms with Crippen LogP contribution in [0.25, 0.3) is 0 Å². The standard InChI is InChI=1S/C17H22ClN5O/c18-14-6-7-16(22-8-2-1-3-9-22)15(11-14)21-17(24)5-4-10-23-13-19-12-20-23/h6-7,11-13H,1-5,8-10H2,(H,21,24). The van der Waals surface area contributed by atoms with Gasteiger partial charge in [0.05, 0.1) is 11.4 Å². The van der Waals surface area contributed by atoms with E-state index in [1.807, 2.05) is 18.2 Å². The predicted molar refractivity (Wildman–Crippen MR) is 95.4 cm³/mol.